The number of benzene rings is 2. The fourth-order valence-electron chi connectivity index (χ4n) is 2.22. The summed E-state index contributed by atoms with van der Waals surface area (Å²) in [6, 6.07) is 14.4. The van der Waals surface area contributed by atoms with Crippen LogP contribution in [0.15, 0.2) is 59.1 Å². The summed E-state index contributed by atoms with van der Waals surface area (Å²) in [5, 5.41) is 4.48. The number of nitrogens with zero attached hydrogens (tertiary/aromatic N) is 2. The maximum absolute atomic E-state index is 11.8. The van der Waals surface area contributed by atoms with Gasteiger partial charge in [-0.2, -0.15) is 4.98 Å². The van der Waals surface area contributed by atoms with Crippen LogP contribution in [0.25, 0.3) is 17.5 Å². The summed E-state index contributed by atoms with van der Waals surface area (Å²) in [6.07, 6.45) is 3.00. The van der Waals surface area contributed by atoms with Gasteiger partial charge in [0.05, 0.1) is 6.61 Å². The zero-order chi connectivity index (χ0) is 19.1. The van der Waals surface area contributed by atoms with E-state index in [0.29, 0.717) is 17.5 Å². The zero-order valence-corrected chi connectivity index (χ0v) is 15.3. The monoisotopic (exact) mass is 384 g/mol. The second-order valence-corrected chi connectivity index (χ2v) is 5.90. The maximum atomic E-state index is 11.8. The number of esters is 1. The quantitative estimate of drug-likeness (QED) is 0.439. The average Bonchev–Trinajstić information content (AvgIpc) is 3.16. The first-order valence-corrected chi connectivity index (χ1v) is 8.68. The Bertz CT molecular complexity index is 918. The van der Waals surface area contributed by atoms with Crippen LogP contribution >= 0.6 is 11.6 Å². The molecule has 2 aromatic carbocycles. The molecule has 0 radical (unpaired) electrons. The van der Waals surface area contributed by atoms with Crippen molar-refractivity contribution in [2.24, 2.45) is 0 Å². The summed E-state index contributed by atoms with van der Waals surface area (Å²) in [7, 11) is 0. The summed E-state index contributed by atoms with van der Waals surface area (Å²) in [5.41, 5.74) is 1.62. The molecule has 0 unspecified atom stereocenters. The van der Waals surface area contributed by atoms with Gasteiger partial charge in [-0.25, -0.2) is 4.79 Å². The van der Waals surface area contributed by atoms with Crippen LogP contribution in [0, 0.1) is 0 Å². The van der Waals surface area contributed by atoms with Gasteiger partial charge in [-0.05, 0) is 55.0 Å². The van der Waals surface area contributed by atoms with Crippen LogP contribution in [0.4, 0.5) is 0 Å². The van der Waals surface area contributed by atoms with Crippen molar-refractivity contribution in [3.8, 4) is 17.1 Å². The molecule has 3 aromatic rings. The first-order chi connectivity index (χ1) is 13.1. The molecule has 0 spiro atoms. The molecule has 1 heterocycles. The Labute approximate surface area is 161 Å². The highest BCUT2D eigenvalue weighted by Gasteiger charge is 2.10. The highest BCUT2D eigenvalue weighted by atomic mass is 35.5. The molecule has 0 saturated carbocycles. The topological polar surface area (TPSA) is 74.5 Å². The van der Waals surface area contributed by atoms with Crippen molar-refractivity contribution in [2.45, 2.75) is 13.5 Å². The number of ether oxygens (including phenoxy) is 2. The van der Waals surface area contributed by atoms with Crippen LogP contribution in [-0.4, -0.2) is 22.7 Å². The van der Waals surface area contributed by atoms with E-state index < -0.39 is 5.97 Å². The van der Waals surface area contributed by atoms with E-state index in [0.717, 1.165) is 16.9 Å². The Morgan fingerprint density at radius 1 is 1.15 bits per heavy atom. The Kier molecular flexibility index (Phi) is 6.22. The Morgan fingerprint density at radius 2 is 1.89 bits per heavy atom. The lowest BCUT2D eigenvalue weighted by atomic mass is 10.2. The minimum Gasteiger partial charge on any atom is -0.494 e. The molecule has 138 valence electrons. The van der Waals surface area contributed by atoms with Gasteiger partial charge in [0.15, 0.2) is 6.61 Å². The first kappa shape index (κ1) is 18.7. The molecule has 0 aliphatic rings. The fraction of sp³-hybridized carbons (Fsp3) is 0.150. The standard InChI is InChI=1S/C20H17ClN2O4/c1-2-25-17-10-3-14(4-11-17)5-12-19(24)26-13-18-22-20(23-27-18)15-6-8-16(21)9-7-15/h3-12H,2,13H2,1H3/b12-5+. The highest BCUT2D eigenvalue weighted by Crippen LogP contribution is 2.19. The van der Waals surface area contributed by atoms with Crippen molar-refractivity contribution in [1.29, 1.82) is 0 Å². The Balaban J connectivity index is 1.52. The van der Waals surface area contributed by atoms with Crippen molar-refractivity contribution >= 4 is 23.6 Å². The molecule has 0 aliphatic heterocycles. The third-order valence-corrected chi connectivity index (χ3v) is 3.76. The summed E-state index contributed by atoms with van der Waals surface area (Å²) in [6.45, 7) is 2.43. The van der Waals surface area contributed by atoms with Gasteiger partial charge in [0.25, 0.3) is 5.89 Å². The predicted octanol–water partition coefficient (Wildman–Crippen LogP) is 4.55. The molecule has 0 fully saturated rings. The average molecular weight is 385 g/mol. The molecule has 1 aromatic heterocycles. The largest absolute Gasteiger partial charge is 0.494 e. The molecule has 0 amide bonds. The lowest BCUT2D eigenvalue weighted by molar-refractivity contribution is -0.139. The van der Waals surface area contributed by atoms with Gasteiger partial charge < -0.3 is 14.0 Å². The number of hydrogen-bond donors (Lipinski definition) is 0. The van der Waals surface area contributed by atoms with Gasteiger partial charge in [-0.15, -0.1) is 0 Å². The fourth-order valence-corrected chi connectivity index (χ4v) is 2.34. The van der Waals surface area contributed by atoms with E-state index in [1.54, 1.807) is 30.3 Å². The van der Waals surface area contributed by atoms with Gasteiger partial charge in [0, 0.05) is 16.7 Å². The van der Waals surface area contributed by atoms with E-state index in [-0.39, 0.29) is 12.5 Å². The molecule has 0 N–H and O–H groups in total. The molecule has 3 rings (SSSR count). The molecular formula is C20H17ClN2O4. The van der Waals surface area contributed by atoms with Gasteiger partial charge in [0.2, 0.25) is 5.82 Å². The van der Waals surface area contributed by atoms with E-state index in [2.05, 4.69) is 10.1 Å². The number of rotatable bonds is 7. The van der Waals surface area contributed by atoms with Crippen molar-refractivity contribution < 1.29 is 18.8 Å². The molecule has 0 bridgehead atoms. The predicted molar refractivity (Wildman–Crippen MR) is 101 cm³/mol. The number of carbonyl (C=O) groups is 1. The van der Waals surface area contributed by atoms with Crippen molar-refractivity contribution in [3.05, 3.63) is 71.1 Å². The molecule has 0 aliphatic carbocycles. The first-order valence-electron chi connectivity index (χ1n) is 8.30. The molecule has 7 heteroatoms. The summed E-state index contributed by atoms with van der Waals surface area (Å²) in [4.78, 5) is 16.0. The molecule has 6 nitrogen and oxygen atoms in total. The minimum absolute atomic E-state index is 0.104. The van der Waals surface area contributed by atoms with Crippen molar-refractivity contribution in [1.82, 2.24) is 10.1 Å². The number of carbonyl (C=O) groups excluding carboxylic acids is 1. The van der Waals surface area contributed by atoms with Gasteiger partial charge in [-0.3, -0.25) is 0 Å². The van der Waals surface area contributed by atoms with E-state index in [9.17, 15) is 4.79 Å². The highest BCUT2D eigenvalue weighted by molar-refractivity contribution is 6.30. The van der Waals surface area contributed by atoms with Gasteiger partial charge >= 0.3 is 5.97 Å². The van der Waals surface area contributed by atoms with Crippen LogP contribution in [0.2, 0.25) is 5.02 Å². The van der Waals surface area contributed by atoms with Crippen LogP contribution in [-0.2, 0) is 16.1 Å². The summed E-state index contributed by atoms with van der Waals surface area (Å²) in [5.74, 6) is 0.894. The smallest absolute Gasteiger partial charge is 0.331 e. The minimum atomic E-state index is -0.505. The second kappa shape index (κ2) is 9.00. The van der Waals surface area contributed by atoms with Crippen LogP contribution in [0.5, 0.6) is 5.75 Å². The molecule has 0 saturated heterocycles. The van der Waals surface area contributed by atoms with Crippen molar-refractivity contribution in [3.63, 3.8) is 0 Å². The summed E-state index contributed by atoms with van der Waals surface area (Å²) < 4.78 is 15.6. The lowest BCUT2D eigenvalue weighted by Gasteiger charge is -2.02. The molecular weight excluding hydrogens is 368 g/mol. The number of halogens is 1. The maximum Gasteiger partial charge on any atom is 0.331 e. The lowest BCUT2D eigenvalue weighted by Crippen LogP contribution is -2.01. The van der Waals surface area contributed by atoms with Crippen LogP contribution in [0.3, 0.4) is 0 Å². The number of aromatic nitrogens is 2. The molecule has 27 heavy (non-hydrogen) atoms. The van der Waals surface area contributed by atoms with Gasteiger partial charge in [0.1, 0.15) is 5.75 Å². The SMILES string of the molecule is CCOc1ccc(/C=C/C(=O)OCc2nc(-c3ccc(Cl)cc3)no2)cc1. The van der Waals surface area contributed by atoms with Gasteiger partial charge in [-0.1, -0.05) is 28.9 Å². The van der Waals surface area contributed by atoms with E-state index in [1.165, 1.54) is 6.08 Å². The van der Waals surface area contributed by atoms with Crippen LogP contribution < -0.4 is 4.74 Å². The van der Waals surface area contributed by atoms with Crippen LogP contribution in [0.1, 0.15) is 18.4 Å². The second-order valence-electron chi connectivity index (χ2n) is 5.46. The van der Waals surface area contributed by atoms with E-state index in [4.69, 9.17) is 25.6 Å². The van der Waals surface area contributed by atoms with E-state index in [1.807, 2.05) is 31.2 Å². The third-order valence-electron chi connectivity index (χ3n) is 3.51. The third kappa shape index (κ3) is 5.43. The number of hydrogen-bond acceptors (Lipinski definition) is 6. The van der Waals surface area contributed by atoms with Crippen molar-refractivity contribution in [2.75, 3.05) is 6.61 Å². The normalized spacial score (nSPS) is 10.9. The zero-order valence-electron chi connectivity index (χ0n) is 14.6. The van der Waals surface area contributed by atoms with E-state index >= 15 is 0 Å². The molecule has 0 atom stereocenters. The Morgan fingerprint density at radius 3 is 2.59 bits per heavy atom. The Hall–Kier alpha value is -3.12. The summed E-state index contributed by atoms with van der Waals surface area (Å²) >= 11 is 5.85.